The van der Waals surface area contributed by atoms with Crippen LogP contribution >= 0.6 is 0 Å². The minimum absolute atomic E-state index is 0.0416. The van der Waals surface area contributed by atoms with Crippen molar-refractivity contribution >= 4 is 0 Å². The SMILES string of the molecule is Cc1coc2c1[C@H](O)[C@@]1(C)[C@H](CCC[C@@H]1C)C2. The number of aliphatic hydroxyl groups is 1. The fraction of sp³-hybridized carbons (Fsp3) is 0.733. The fourth-order valence-corrected chi connectivity index (χ4v) is 4.08. The summed E-state index contributed by atoms with van der Waals surface area (Å²) in [4.78, 5) is 0. The lowest BCUT2D eigenvalue weighted by Gasteiger charge is -2.51. The van der Waals surface area contributed by atoms with E-state index in [0.29, 0.717) is 11.8 Å². The average Bonchev–Trinajstić information content (AvgIpc) is 2.65. The monoisotopic (exact) mass is 234 g/mol. The van der Waals surface area contributed by atoms with Gasteiger partial charge in [0.05, 0.1) is 12.4 Å². The van der Waals surface area contributed by atoms with Crippen LogP contribution in [0, 0.1) is 24.2 Å². The zero-order valence-corrected chi connectivity index (χ0v) is 11.0. The highest BCUT2D eigenvalue weighted by atomic mass is 16.3. The molecule has 0 amide bonds. The minimum atomic E-state index is -0.342. The first kappa shape index (κ1) is 11.3. The molecule has 0 saturated heterocycles. The molecule has 4 atom stereocenters. The molecule has 94 valence electrons. The molecule has 1 saturated carbocycles. The van der Waals surface area contributed by atoms with Crippen LogP contribution in [-0.4, -0.2) is 5.11 Å². The summed E-state index contributed by atoms with van der Waals surface area (Å²) in [6.45, 7) is 6.63. The van der Waals surface area contributed by atoms with E-state index in [9.17, 15) is 5.11 Å². The number of rotatable bonds is 0. The molecule has 17 heavy (non-hydrogen) atoms. The quantitative estimate of drug-likeness (QED) is 0.743. The Morgan fingerprint density at radius 1 is 1.41 bits per heavy atom. The van der Waals surface area contributed by atoms with Gasteiger partial charge in [0.15, 0.2) is 0 Å². The largest absolute Gasteiger partial charge is 0.469 e. The third-order valence-electron chi connectivity index (χ3n) is 5.53. The van der Waals surface area contributed by atoms with Gasteiger partial charge in [-0.05, 0) is 30.7 Å². The maximum absolute atomic E-state index is 10.8. The van der Waals surface area contributed by atoms with Crippen LogP contribution in [0.4, 0.5) is 0 Å². The van der Waals surface area contributed by atoms with Gasteiger partial charge in [0.2, 0.25) is 0 Å². The molecule has 1 aromatic rings. The predicted molar refractivity (Wildman–Crippen MR) is 66.7 cm³/mol. The third-order valence-corrected chi connectivity index (χ3v) is 5.53. The Bertz CT molecular complexity index is 434. The highest BCUT2D eigenvalue weighted by molar-refractivity contribution is 5.34. The smallest absolute Gasteiger partial charge is 0.110 e. The summed E-state index contributed by atoms with van der Waals surface area (Å²) < 4.78 is 5.63. The van der Waals surface area contributed by atoms with E-state index in [4.69, 9.17) is 4.42 Å². The highest BCUT2D eigenvalue weighted by Crippen LogP contribution is 2.57. The van der Waals surface area contributed by atoms with Crippen LogP contribution in [0.15, 0.2) is 10.7 Å². The topological polar surface area (TPSA) is 33.4 Å². The first-order valence-electron chi connectivity index (χ1n) is 6.80. The van der Waals surface area contributed by atoms with Gasteiger partial charge in [-0.3, -0.25) is 0 Å². The second-order valence-electron chi connectivity index (χ2n) is 6.26. The molecule has 0 radical (unpaired) electrons. The van der Waals surface area contributed by atoms with Crippen LogP contribution in [-0.2, 0) is 6.42 Å². The predicted octanol–water partition coefficient (Wildman–Crippen LogP) is 3.62. The molecule has 0 bridgehead atoms. The molecule has 2 nitrogen and oxygen atoms in total. The Morgan fingerprint density at radius 3 is 2.94 bits per heavy atom. The van der Waals surface area contributed by atoms with Crippen molar-refractivity contribution in [2.75, 3.05) is 0 Å². The van der Waals surface area contributed by atoms with E-state index in [1.807, 2.05) is 6.92 Å². The number of fused-ring (bicyclic) bond motifs is 2. The van der Waals surface area contributed by atoms with Crippen LogP contribution in [0.2, 0.25) is 0 Å². The molecule has 0 unspecified atom stereocenters. The maximum atomic E-state index is 10.8. The molecule has 2 aliphatic rings. The molecule has 1 N–H and O–H groups in total. The fourth-order valence-electron chi connectivity index (χ4n) is 4.08. The van der Waals surface area contributed by atoms with Crippen LogP contribution < -0.4 is 0 Å². The van der Waals surface area contributed by atoms with Crippen molar-refractivity contribution in [1.82, 2.24) is 0 Å². The number of hydrogen-bond acceptors (Lipinski definition) is 2. The molecule has 3 rings (SSSR count). The summed E-state index contributed by atoms with van der Waals surface area (Å²) in [5, 5.41) is 10.8. The Kier molecular flexibility index (Phi) is 2.41. The van der Waals surface area contributed by atoms with Crippen molar-refractivity contribution in [2.24, 2.45) is 17.3 Å². The summed E-state index contributed by atoms with van der Waals surface area (Å²) in [6, 6.07) is 0. The van der Waals surface area contributed by atoms with Crippen molar-refractivity contribution in [3.8, 4) is 0 Å². The minimum Gasteiger partial charge on any atom is -0.469 e. The van der Waals surface area contributed by atoms with Crippen molar-refractivity contribution in [2.45, 2.75) is 52.6 Å². The first-order chi connectivity index (χ1) is 8.05. The summed E-state index contributed by atoms with van der Waals surface area (Å²) in [7, 11) is 0. The summed E-state index contributed by atoms with van der Waals surface area (Å²) in [5.74, 6) is 2.21. The normalized spacial score (nSPS) is 40.8. The molecule has 1 heterocycles. The van der Waals surface area contributed by atoms with E-state index in [-0.39, 0.29) is 11.5 Å². The van der Waals surface area contributed by atoms with Crippen LogP contribution in [0.5, 0.6) is 0 Å². The molecule has 1 aromatic heterocycles. The van der Waals surface area contributed by atoms with E-state index >= 15 is 0 Å². The van der Waals surface area contributed by atoms with Gasteiger partial charge in [-0.2, -0.15) is 0 Å². The molecule has 0 spiro atoms. The summed E-state index contributed by atoms with van der Waals surface area (Å²) >= 11 is 0. The zero-order valence-electron chi connectivity index (χ0n) is 11.0. The molecular formula is C15H22O2. The Labute approximate surface area is 103 Å². The number of hydrogen-bond donors (Lipinski definition) is 1. The Morgan fingerprint density at radius 2 is 2.18 bits per heavy atom. The summed E-state index contributed by atoms with van der Waals surface area (Å²) in [6.07, 6.45) is 6.25. The molecule has 2 heteroatoms. The van der Waals surface area contributed by atoms with Crippen molar-refractivity contribution in [3.63, 3.8) is 0 Å². The van der Waals surface area contributed by atoms with E-state index in [1.165, 1.54) is 19.3 Å². The molecule has 2 aliphatic carbocycles. The van der Waals surface area contributed by atoms with Gasteiger partial charge in [0, 0.05) is 17.4 Å². The van der Waals surface area contributed by atoms with Crippen LogP contribution in [0.1, 0.15) is 56.1 Å². The van der Waals surface area contributed by atoms with Crippen molar-refractivity contribution in [1.29, 1.82) is 0 Å². The zero-order chi connectivity index (χ0) is 12.2. The van der Waals surface area contributed by atoms with Gasteiger partial charge in [0.1, 0.15) is 5.76 Å². The van der Waals surface area contributed by atoms with Gasteiger partial charge in [-0.15, -0.1) is 0 Å². The molecular weight excluding hydrogens is 212 g/mol. The third kappa shape index (κ3) is 1.36. The van der Waals surface area contributed by atoms with E-state index in [0.717, 1.165) is 23.3 Å². The van der Waals surface area contributed by atoms with E-state index in [2.05, 4.69) is 13.8 Å². The van der Waals surface area contributed by atoms with E-state index < -0.39 is 0 Å². The van der Waals surface area contributed by atoms with Gasteiger partial charge >= 0.3 is 0 Å². The van der Waals surface area contributed by atoms with Crippen LogP contribution in [0.25, 0.3) is 0 Å². The number of aryl methyl sites for hydroxylation is 1. The van der Waals surface area contributed by atoms with Gasteiger partial charge in [-0.25, -0.2) is 0 Å². The lowest BCUT2D eigenvalue weighted by atomic mass is 9.54. The maximum Gasteiger partial charge on any atom is 0.110 e. The highest BCUT2D eigenvalue weighted by Gasteiger charge is 2.51. The van der Waals surface area contributed by atoms with Gasteiger partial charge < -0.3 is 9.52 Å². The molecule has 0 aromatic carbocycles. The summed E-state index contributed by atoms with van der Waals surface area (Å²) in [5.41, 5.74) is 2.24. The number of furan rings is 1. The van der Waals surface area contributed by atoms with E-state index in [1.54, 1.807) is 6.26 Å². The van der Waals surface area contributed by atoms with Crippen LogP contribution in [0.3, 0.4) is 0 Å². The average molecular weight is 234 g/mol. The van der Waals surface area contributed by atoms with Gasteiger partial charge in [-0.1, -0.05) is 26.7 Å². The number of aliphatic hydroxyl groups excluding tert-OH is 1. The standard InChI is InChI=1S/C15H22O2/c1-9-8-17-12-7-11-6-4-5-10(2)15(11,3)14(16)13(9)12/h8,10-11,14,16H,4-7H2,1-3H3/t10-,11+,14-,15+/m0/s1. The second-order valence-corrected chi connectivity index (χ2v) is 6.26. The molecule has 0 aliphatic heterocycles. The Balaban J connectivity index is 2.10. The van der Waals surface area contributed by atoms with Gasteiger partial charge in [0.25, 0.3) is 0 Å². The molecule has 1 fully saturated rings. The lowest BCUT2D eigenvalue weighted by Crippen LogP contribution is -2.46. The Hall–Kier alpha value is -0.760. The van der Waals surface area contributed by atoms with Crippen molar-refractivity contribution < 1.29 is 9.52 Å². The second kappa shape index (κ2) is 3.61. The lowest BCUT2D eigenvalue weighted by molar-refractivity contribution is -0.0848. The van der Waals surface area contributed by atoms with Crippen molar-refractivity contribution in [3.05, 3.63) is 23.2 Å². The first-order valence-corrected chi connectivity index (χ1v) is 6.80.